The van der Waals surface area contributed by atoms with E-state index in [1.165, 1.54) is 5.69 Å². The van der Waals surface area contributed by atoms with E-state index in [1.807, 2.05) is 12.1 Å². The number of carbonyl (C=O) groups excluding carboxylic acids is 1. The smallest absolute Gasteiger partial charge is 0.243 e. The number of nitrogens with two attached hydrogens (primary N) is 1. The first kappa shape index (κ1) is 13.9. The first-order valence-electron chi connectivity index (χ1n) is 7.09. The molecule has 1 amide bonds. The van der Waals surface area contributed by atoms with Crippen LogP contribution in [-0.4, -0.2) is 31.6 Å². The Kier molecular flexibility index (Phi) is 4.43. The van der Waals surface area contributed by atoms with Gasteiger partial charge in [-0.1, -0.05) is 0 Å². The predicted molar refractivity (Wildman–Crippen MR) is 79.6 cm³/mol. The lowest BCUT2D eigenvalue weighted by Gasteiger charge is -2.31. The highest BCUT2D eigenvalue weighted by molar-refractivity contribution is 5.97. The predicted octanol–water partition coefficient (Wildman–Crippen LogP) is 1.99. The minimum Gasteiger partial charge on any atom is -0.372 e. The fraction of sp³-hybridized carbons (Fsp3) is 0.533. The third kappa shape index (κ3) is 2.89. The molecule has 1 aliphatic rings. The molecule has 4 nitrogen and oxygen atoms in total. The largest absolute Gasteiger partial charge is 0.372 e. The van der Waals surface area contributed by atoms with Crippen LogP contribution in [0.5, 0.6) is 0 Å². The van der Waals surface area contributed by atoms with Crippen LogP contribution in [0.3, 0.4) is 0 Å². The van der Waals surface area contributed by atoms with Crippen LogP contribution in [0.15, 0.2) is 24.3 Å². The molecule has 1 saturated heterocycles. The Morgan fingerprint density at radius 3 is 2.47 bits per heavy atom. The molecule has 1 unspecified atom stereocenters. The minimum atomic E-state index is -0.337. The summed E-state index contributed by atoms with van der Waals surface area (Å²) in [5.74, 6) is 0.0434. The van der Waals surface area contributed by atoms with Gasteiger partial charge in [-0.15, -0.1) is 0 Å². The van der Waals surface area contributed by atoms with Crippen LogP contribution in [0.4, 0.5) is 11.4 Å². The van der Waals surface area contributed by atoms with E-state index < -0.39 is 0 Å². The number of nitrogens with zero attached hydrogens (tertiary/aromatic N) is 2. The average molecular weight is 261 g/mol. The molecule has 0 spiro atoms. The lowest BCUT2D eigenvalue weighted by atomic mass is 10.0. The van der Waals surface area contributed by atoms with E-state index in [4.69, 9.17) is 5.73 Å². The monoisotopic (exact) mass is 261 g/mol. The summed E-state index contributed by atoms with van der Waals surface area (Å²) < 4.78 is 0. The summed E-state index contributed by atoms with van der Waals surface area (Å²) >= 11 is 0. The molecule has 0 aromatic heterocycles. The highest BCUT2D eigenvalue weighted by Crippen LogP contribution is 2.24. The lowest BCUT2D eigenvalue weighted by Crippen LogP contribution is -2.48. The summed E-state index contributed by atoms with van der Waals surface area (Å²) in [5.41, 5.74) is 7.98. The van der Waals surface area contributed by atoms with Crippen molar-refractivity contribution >= 4 is 17.3 Å². The SMILES string of the molecule is CCN(CC)c1ccc(N2CCCC(N)C2=O)cc1. The maximum absolute atomic E-state index is 12.0. The van der Waals surface area contributed by atoms with Gasteiger partial charge in [-0.05, 0) is 51.0 Å². The Bertz CT molecular complexity index is 426. The number of hydrogen-bond donors (Lipinski definition) is 1. The molecule has 2 N–H and O–H groups in total. The van der Waals surface area contributed by atoms with Gasteiger partial charge in [0.2, 0.25) is 5.91 Å². The molecule has 1 aromatic rings. The summed E-state index contributed by atoms with van der Waals surface area (Å²) in [5, 5.41) is 0. The lowest BCUT2D eigenvalue weighted by molar-refractivity contribution is -0.120. The van der Waals surface area contributed by atoms with Crippen LogP contribution >= 0.6 is 0 Å². The fourth-order valence-corrected chi connectivity index (χ4v) is 2.59. The van der Waals surface area contributed by atoms with E-state index in [9.17, 15) is 4.79 Å². The maximum atomic E-state index is 12.0. The Balaban J connectivity index is 2.16. The van der Waals surface area contributed by atoms with E-state index in [-0.39, 0.29) is 11.9 Å². The van der Waals surface area contributed by atoms with Crippen LogP contribution < -0.4 is 15.5 Å². The molecule has 0 saturated carbocycles. The zero-order valence-electron chi connectivity index (χ0n) is 11.8. The van der Waals surface area contributed by atoms with Crippen molar-refractivity contribution in [2.75, 3.05) is 29.4 Å². The van der Waals surface area contributed by atoms with Crippen LogP contribution in [0.25, 0.3) is 0 Å². The van der Waals surface area contributed by atoms with Gasteiger partial charge in [-0.25, -0.2) is 0 Å². The van der Waals surface area contributed by atoms with Crippen LogP contribution in [0.2, 0.25) is 0 Å². The van der Waals surface area contributed by atoms with Crippen molar-refractivity contribution in [2.24, 2.45) is 5.73 Å². The standard InChI is InChI=1S/C15H23N3O/c1-3-17(4-2)12-7-9-13(10-8-12)18-11-5-6-14(16)15(18)19/h7-10,14H,3-6,11,16H2,1-2H3. The Morgan fingerprint density at radius 1 is 1.26 bits per heavy atom. The van der Waals surface area contributed by atoms with E-state index in [0.29, 0.717) is 0 Å². The zero-order chi connectivity index (χ0) is 13.8. The molecular formula is C15H23N3O. The summed E-state index contributed by atoms with van der Waals surface area (Å²) in [6.07, 6.45) is 1.78. The third-order valence-electron chi connectivity index (χ3n) is 3.77. The number of carbonyl (C=O) groups is 1. The Morgan fingerprint density at radius 2 is 1.89 bits per heavy atom. The van der Waals surface area contributed by atoms with Crippen LogP contribution in [0, 0.1) is 0 Å². The van der Waals surface area contributed by atoms with E-state index >= 15 is 0 Å². The summed E-state index contributed by atoms with van der Waals surface area (Å²) in [6.45, 7) is 7.04. The topological polar surface area (TPSA) is 49.6 Å². The fourth-order valence-electron chi connectivity index (χ4n) is 2.59. The normalized spacial score (nSPS) is 19.6. The molecule has 0 aliphatic carbocycles. The minimum absolute atomic E-state index is 0.0434. The molecular weight excluding hydrogens is 238 g/mol. The average Bonchev–Trinajstić information content (AvgIpc) is 2.44. The maximum Gasteiger partial charge on any atom is 0.243 e. The molecule has 2 rings (SSSR count). The molecule has 1 aromatic carbocycles. The third-order valence-corrected chi connectivity index (χ3v) is 3.77. The summed E-state index contributed by atoms with van der Waals surface area (Å²) in [7, 11) is 0. The second-order valence-corrected chi connectivity index (χ2v) is 4.93. The molecule has 1 fully saturated rings. The van der Waals surface area contributed by atoms with Crippen molar-refractivity contribution in [2.45, 2.75) is 32.7 Å². The van der Waals surface area contributed by atoms with Gasteiger partial charge < -0.3 is 15.5 Å². The van der Waals surface area contributed by atoms with Crippen molar-refractivity contribution in [1.82, 2.24) is 0 Å². The first-order chi connectivity index (χ1) is 9.17. The number of rotatable bonds is 4. The van der Waals surface area contributed by atoms with Gasteiger partial charge in [-0.3, -0.25) is 4.79 Å². The highest BCUT2D eigenvalue weighted by Gasteiger charge is 2.26. The quantitative estimate of drug-likeness (QED) is 0.901. The number of hydrogen-bond acceptors (Lipinski definition) is 3. The van der Waals surface area contributed by atoms with Gasteiger partial charge in [0, 0.05) is 31.0 Å². The second-order valence-electron chi connectivity index (χ2n) is 4.93. The number of benzene rings is 1. The summed E-state index contributed by atoms with van der Waals surface area (Å²) in [4.78, 5) is 16.1. The van der Waals surface area contributed by atoms with E-state index in [2.05, 4.69) is 30.9 Å². The molecule has 4 heteroatoms. The van der Waals surface area contributed by atoms with Crippen LogP contribution in [-0.2, 0) is 4.79 Å². The van der Waals surface area contributed by atoms with Gasteiger partial charge in [0.15, 0.2) is 0 Å². The Labute approximate surface area is 115 Å². The van der Waals surface area contributed by atoms with Crippen molar-refractivity contribution in [3.63, 3.8) is 0 Å². The van der Waals surface area contributed by atoms with Gasteiger partial charge in [-0.2, -0.15) is 0 Å². The number of piperidine rings is 1. The number of anilines is 2. The molecule has 19 heavy (non-hydrogen) atoms. The van der Waals surface area contributed by atoms with Crippen molar-refractivity contribution in [1.29, 1.82) is 0 Å². The molecule has 0 radical (unpaired) electrons. The summed E-state index contributed by atoms with van der Waals surface area (Å²) in [6, 6.07) is 7.86. The zero-order valence-corrected chi connectivity index (χ0v) is 11.8. The van der Waals surface area contributed by atoms with Crippen molar-refractivity contribution in [3.05, 3.63) is 24.3 Å². The van der Waals surface area contributed by atoms with Crippen LogP contribution in [0.1, 0.15) is 26.7 Å². The highest BCUT2D eigenvalue weighted by atomic mass is 16.2. The Hall–Kier alpha value is -1.55. The van der Waals surface area contributed by atoms with E-state index in [1.54, 1.807) is 4.90 Å². The number of amides is 1. The van der Waals surface area contributed by atoms with Gasteiger partial charge in [0.25, 0.3) is 0 Å². The van der Waals surface area contributed by atoms with Gasteiger partial charge in [0.1, 0.15) is 0 Å². The molecule has 1 atom stereocenters. The van der Waals surface area contributed by atoms with Gasteiger partial charge >= 0.3 is 0 Å². The molecule has 104 valence electrons. The van der Waals surface area contributed by atoms with Crippen molar-refractivity contribution < 1.29 is 4.79 Å². The molecule has 1 aliphatic heterocycles. The molecule has 0 bridgehead atoms. The molecule has 1 heterocycles. The van der Waals surface area contributed by atoms with E-state index in [0.717, 1.165) is 38.2 Å². The second kappa shape index (κ2) is 6.06. The first-order valence-corrected chi connectivity index (χ1v) is 7.09. The van der Waals surface area contributed by atoms with Gasteiger partial charge in [0.05, 0.1) is 6.04 Å². The van der Waals surface area contributed by atoms with Crippen molar-refractivity contribution in [3.8, 4) is 0 Å².